The van der Waals surface area contributed by atoms with Crippen LogP contribution in [0, 0.1) is 5.92 Å². The molecule has 2 rings (SSSR count). The van der Waals surface area contributed by atoms with E-state index in [1.54, 1.807) is 0 Å². The van der Waals surface area contributed by atoms with Crippen LogP contribution in [-0.2, 0) is 4.79 Å². The minimum Gasteiger partial charge on any atom is -0.353 e. The van der Waals surface area contributed by atoms with E-state index in [1.807, 2.05) is 0 Å². The standard InChI is InChI=1S/C13H24N2O/c1-13(2,3)15-8-7-10(9-15)12(16)14-11-5-4-6-11/h10-11H,4-9H2,1-3H3,(H,14,16). The predicted molar refractivity (Wildman–Crippen MR) is 65.2 cm³/mol. The molecule has 1 unspecified atom stereocenters. The molecule has 92 valence electrons. The Bertz CT molecular complexity index is 266. The molecule has 2 aliphatic rings. The van der Waals surface area contributed by atoms with Crippen LogP contribution in [0.1, 0.15) is 46.5 Å². The summed E-state index contributed by atoms with van der Waals surface area (Å²) in [6.45, 7) is 8.66. The molecular formula is C13H24N2O. The first kappa shape index (κ1) is 11.9. The fourth-order valence-electron chi connectivity index (χ4n) is 2.46. The van der Waals surface area contributed by atoms with E-state index in [9.17, 15) is 4.79 Å². The van der Waals surface area contributed by atoms with E-state index < -0.39 is 0 Å². The van der Waals surface area contributed by atoms with Crippen molar-refractivity contribution in [2.45, 2.75) is 58.0 Å². The summed E-state index contributed by atoms with van der Waals surface area (Å²) in [4.78, 5) is 14.4. The van der Waals surface area contributed by atoms with Crippen molar-refractivity contribution in [3.63, 3.8) is 0 Å². The highest BCUT2D eigenvalue weighted by atomic mass is 16.2. The zero-order valence-corrected chi connectivity index (χ0v) is 10.8. The molecule has 3 heteroatoms. The Kier molecular flexibility index (Phi) is 3.24. The van der Waals surface area contributed by atoms with Gasteiger partial charge in [0.2, 0.25) is 5.91 Å². The van der Waals surface area contributed by atoms with Gasteiger partial charge < -0.3 is 5.32 Å². The second kappa shape index (κ2) is 4.36. The van der Waals surface area contributed by atoms with Gasteiger partial charge in [-0.05, 0) is 53.0 Å². The lowest BCUT2D eigenvalue weighted by Gasteiger charge is -2.32. The van der Waals surface area contributed by atoms with Gasteiger partial charge >= 0.3 is 0 Å². The molecule has 0 radical (unpaired) electrons. The first-order chi connectivity index (χ1) is 7.47. The van der Waals surface area contributed by atoms with Crippen molar-refractivity contribution in [3.05, 3.63) is 0 Å². The lowest BCUT2D eigenvalue weighted by atomic mass is 9.92. The summed E-state index contributed by atoms with van der Waals surface area (Å²) >= 11 is 0. The monoisotopic (exact) mass is 224 g/mol. The van der Waals surface area contributed by atoms with Crippen LogP contribution in [0.25, 0.3) is 0 Å². The van der Waals surface area contributed by atoms with E-state index in [0.717, 1.165) is 19.5 Å². The molecule has 1 aliphatic carbocycles. The summed E-state index contributed by atoms with van der Waals surface area (Å²) < 4.78 is 0. The number of amides is 1. The van der Waals surface area contributed by atoms with Crippen LogP contribution in [0.5, 0.6) is 0 Å². The zero-order chi connectivity index (χ0) is 11.8. The van der Waals surface area contributed by atoms with E-state index >= 15 is 0 Å². The second-order valence-electron chi connectivity index (χ2n) is 6.24. The van der Waals surface area contributed by atoms with Crippen LogP contribution in [0.2, 0.25) is 0 Å². The number of nitrogens with zero attached hydrogens (tertiary/aromatic N) is 1. The average Bonchev–Trinajstić information content (AvgIpc) is 2.58. The second-order valence-corrected chi connectivity index (χ2v) is 6.24. The SMILES string of the molecule is CC(C)(C)N1CCC(C(=O)NC2CCC2)C1. The van der Waals surface area contributed by atoms with Gasteiger partial charge in [0.25, 0.3) is 0 Å². The van der Waals surface area contributed by atoms with E-state index in [2.05, 4.69) is 31.0 Å². The van der Waals surface area contributed by atoms with Gasteiger partial charge in [-0.15, -0.1) is 0 Å². The van der Waals surface area contributed by atoms with Gasteiger partial charge in [-0.1, -0.05) is 0 Å². The van der Waals surface area contributed by atoms with Gasteiger partial charge in [-0.25, -0.2) is 0 Å². The first-order valence-electron chi connectivity index (χ1n) is 6.52. The third kappa shape index (κ3) is 2.57. The quantitative estimate of drug-likeness (QED) is 0.775. The maximum absolute atomic E-state index is 12.0. The molecule has 1 amide bonds. The Labute approximate surface area is 98.6 Å². The largest absolute Gasteiger partial charge is 0.353 e. The maximum atomic E-state index is 12.0. The molecule has 2 fully saturated rings. The summed E-state index contributed by atoms with van der Waals surface area (Å²) in [5, 5.41) is 3.16. The molecule has 0 aromatic heterocycles. The molecule has 1 atom stereocenters. The van der Waals surface area contributed by atoms with Crippen molar-refractivity contribution in [2.24, 2.45) is 5.92 Å². The Morgan fingerprint density at radius 2 is 1.94 bits per heavy atom. The molecule has 0 aromatic rings. The molecule has 16 heavy (non-hydrogen) atoms. The van der Waals surface area contributed by atoms with Crippen LogP contribution >= 0.6 is 0 Å². The molecule has 1 saturated carbocycles. The molecular weight excluding hydrogens is 200 g/mol. The fourth-order valence-corrected chi connectivity index (χ4v) is 2.46. The van der Waals surface area contributed by atoms with E-state index in [0.29, 0.717) is 6.04 Å². The Hall–Kier alpha value is -0.570. The summed E-state index contributed by atoms with van der Waals surface area (Å²) in [6.07, 6.45) is 4.67. The lowest BCUT2D eigenvalue weighted by Crippen LogP contribution is -2.44. The highest BCUT2D eigenvalue weighted by Gasteiger charge is 2.34. The Balaban J connectivity index is 1.81. The molecule has 0 aromatic carbocycles. The van der Waals surface area contributed by atoms with Crippen molar-refractivity contribution in [1.29, 1.82) is 0 Å². The smallest absolute Gasteiger partial charge is 0.224 e. The zero-order valence-electron chi connectivity index (χ0n) is 10.8. The van der Waals surface area contributed by atoms with Crippen molar-refractivity contribution >= 4 is 5.91 Å². The lowest BCUT2D eigenvalue weighted by molar-refractivity contribution is -0.126. The first-order valence-corrected chi connectivity index (χ1v) is 6.52. The van der Waals surface area contributed by atoms with Gasteiger partial charge in [0.05, 0.1) is 5.92 Å². The minimum absolute atomic E-state index is 0.200. The number of carbonyl (C=O) groups excluding carboxylic acids is 1. The van der Waals surface area contributed by atoms with Gasteiger partial charge in [0.1, 0.15) is 0 Å². The van der Waals surface area contributed by atoms with Crippen LogP contribution in [0.4, 0.5) is 0 Å². The number of carbonyl (C=O) groups is 1. The number of hydrogen-bond donors (Lipinski definition) is 1. The topological polar surface area (TPSA) is 32.3 Å². The maximum Gasteiger partial charge on any atom is 0.224 e. The highest BCUT2D eigenvalue weighted by molar-refractivity contribution is 5.79. The van der Waals surface area contributed by atoms with Crippen LogP contribution in [0.15, 0.2) is 0 Å². The fraction of sp³-hybridized carbons (Fsp3) is 0.923. The van der Waals surface area contributed by atoms with Crippen molar-refractivity contribution in [1.82, 2.24) is 10.2 Å². The van der Waals surface area contributed by atoms with Gasteiger partial charge in [-0.3, -0.25) is 9.69 Å². The van der Waals surface area contributed by atoms with E-state index in [1.165, 1.54) is 19.3 Å². The number of likely N-dealkylation sites (tertiary alicyclic amines) is 1. The Morgan fingerprint density at radius 3 is 2.38 bits per heavy atom. The Morgan fingerprint density at radius 1 is 1.25 bits per heavy atom. The third-order valence-electron chi connectivity index (χ3n) is 3.96. The van der Waals surface area contributed by atoms with Crippen LogP contribution in [-0.4, -0.2) is 35.5 Å². The number of nitrogens with one attached hydrogen (secondary N) is 1. The normalized spacial score (nSPS) is 27.8. The van der Waals surface area contributed by atoms with Gasteiger partial charge in [0, 0.05) is 18.1 Å². The molecule has 1 aliphatic heterocycles. The molecule has 0 spiro atoms. The molecule has 0 bridgehead atoms. The van der Waals surface area contributed by atoms with Crippen molar-refractivity contribution < 1.29 is 4.79 Å². The van der Waals surface area contributed by atoms with E-state index in [-0.39, 0.29) is 17.4 Å². The van der Waals surface area contributed by atoms with Crippen molar-refractivity contribution in [3.8, 4) is 0 Å². The summed E-state index contributed by atoms with van der Waals surface area (Å²) in [7, 11) is 0. The van der Waals surface area contributed by atoms with Gasteiger partial charge in [-0.2, -0.15) is 0 Å². The molecule has 3 nitrogen and oxygen atoms in total. The molecule has 1 saturated heterocycles. The molecule has 1 N–H and O–H groups in total. The van der Waals surface area contributed by atoms with Crippen molar-refractivity contribution in [2.75, 3.05) is 13.1 Å². The van der Waals surface area contributed by atoms with E-state index in [4.69, 9.17) is 0 Å². The molecule has 1 heterocycles. The summed E-state index contributed by atoms with van der Waals surface area (Å²) in [5.74, 6) is 0.510. The third-order valence-corrected chi connectivity index (χ3v) is 3.96. The average molecular weight is 224 g/mol. The summed E-state index contributed by atoms with van der Waals surface area (Å²) in [5.41, 5.74) is 0.200. The van der Waals surface area contributed by atoms with Crippen LogP contribution in [0.3, 0.4) is 0 Å². The number of hydrogen-bond acceptors (Lipinski definition) is 2. The minimum atomic E-state index is 0.200. The van der Waals surface area contributed by atoms with Crippen LogP contribution < -0.4 is 5.32 Å². The summed E-state index contributed by atoms with van der Waals surface area (Å²) in [6, 6.07) is 0.483. The van der Waals surface area contributed by atoms with Gasteiger partial charge in [0.15, 0.2) is 0 Å². The highest BCUT2D eigenvalue weighted by Crippen LogP contribution is 2.25. The predicted octanol–water partition coefficient (Wildman–Crippen LogP) is 1.78. The number of rotatable bonds is 2.